The second kappa shape index (κ2) is 8.97. The molecule has 0 saturated carbocycles. The molecule has 4 nitrogen and oxygen atoms in total. The molecule has 14 heavy (non-hydrogen) atoms. The van der Waals surface area contributed by atoms with Crippen LogP contribution in [0.5, 0.6) is 0 Å². The Morgan fingerprint density at radius 3 is 2.29 bits per heavy atom. The first kappa shape index (κ1) is 13.4. The van der Waals surface area contributed by atoms with E-state index in [1.54, 1.807) is 14.2 Å². The van der Waals surface area contributed by atoms with Gasteiger partial charge in [-0.05, 0) is 6.42 Å². The van der Waals surface area contributed by atoms with Crippen LogP contribution in [0.4, 0.5) is 0 Å². The lowest BCUT2D eigenvalue weighted by atomic mass is 10.3. The molecule has 0 fully saturated rings. The summed E-state index contributed by atoms with van der Waals surface area (Å²) in [5, 5.41) is 7.74. The minimum absolute atomic E-state index is 0.676. The highest BCUT2D eigenvalue weighted by Crippen LogP contribution is 1.97. The zero-order valence-corrected chi connectivity index (χ0v) is 9.51. The van der Waals surface area contributed by atoms with E-state index in [0.29, 0.717) is 12.4 Å². The molecule has 4 heteroatoms. The molecule has 0 aromatic heterocycles. The molecule has 0 aliphatic carbocycles. The van der Waals surface area contributed by atoms with Gasteiger partial charge in [0.2, 0.25) is 0 Å². The van der Waals surface area contributed by atoms with Crippen molar-refractivity contribution in [3.63, 3.8) is 0 Å². The smallest absolute Gasteiger partial charge is 0.0955 e. The molecule has 0 aliphatic rings. The fourth-order valence-electron chi connectivity index (χ4n) is 1.21. The van der Waals surface area contributed by atoms with Crippen LogP contribution in [0.15, 0.2) is 0 Å². The summed E-state index contributed by atoms with van der Waals surface area (Å²) in [7, 11) is 3.38. The van der Waals surface area contributed by atoms with Crippen LogP contribution >= 0.6 is 0 Å². The van der Waals surface area contributed by atoms with Gasteiger partial charge in [-0.1, -0.05) is 6.92 Å². The van der Waals surface area contributed by atoms with E-state index in [1.165, 1.54) is 0 Å². The predicted octanol–water partition coefficient (Wildman–Crippen LogP) is 1.36. The lowest BCUT2D eigenvalue weighted by Crippen LogP contribution is -2.34. The van der Waals surface area contributed by atoms with Gasteiger partial charge in [0.1, 0.15) is 0 Å². The van der Waals surface area contributed by atoms with Crippen molar-refractivity contribution in [3.05, 3.63) is 0 Å². The lowest BCUT2D eigenvalue weighted by molar-refractivity contribution is 0.160. The topological polar surface area (TPSA) is 45.6 Å². The molecule has 84 valence electrons. The van der Waals surface area contributed by atoms with Crippen LogP contribution in [0.25, 0.3) is 0 Å². The summed E-state index contributed by atoms with van der Waals surface area (Å²) in [6.07, 6.45) is 1.74. The third-order valence-electron chi connectivity index (χ3n) is 2.06. The van der Waals surface area contributed by atoms with Crippen molar-refractivity contribution in [2.75, 3.05) is 40.5 Å². The first-order chi connectivity index (χ1) is 6.76. The first-order valence-corrected chi connectivity index (χ1v) is 5.06. The van der Waals surface area contributed by atoms with Crippen LogP contribution < -0.4 is 0 Å². The first-order valence-electron chi connectivity index (χ1n) is 5.06. The van der Waals surface area contributed by atoms with Gasteiger partial charge in [0, 0.05) is 40.3 Å². The van der Waals surface area contributed by atoms with Crippen molar-refractivity contribution in [2.45, 2.75) is 19.8 Å². The number of rotatable bonds is 8. The van der Waals surface area contributed by atoms with E-state index in [2.05, 4.69) is 0 Å². The van der Waals surface area contributed by atoms with Gasteiger partial charge in [-0.2, -0.15) is 0 Å². The highest BCUT2D eigenvalue weighted by atomic mass is 16.5. The molecule has 0 saturated heterocycles. The lowest BCUT2D eigenvalue weighted by Gasteiger charge is -2.24. The Kier molecular flexibility index (Phi) is 8.57. The Hall–Kier alpha value is -0.610. The molecule has 0 aliphatic heterocycles. The van der Waals surface area contributed by atoms with Gasteiger partial charge in [-0.25, -0.2) is 0 Å². The quantitative estimate of drug-likeness (QED) is 0.367. The Morgan fingerprint density at radius 2 is 1.79 bits per heavy atom. The fraction of sp³-hybridized carbons (Fsp3) is 0.900. The molecule has 1 N–H and O–H groups in total. The van der Waals surface area contributed by atoms with Crippen molar-refractivity contribution in [2.24, 2.45) is 0 Å². The molecule has 0 radical (unpaired) electrons. The maximum Gasteiger partial charge on any atom is 0.0955 e. The highest BCUT2D eigenvalue weighted by molar-refractivity contribution is 5.78. The zero-order chi connectivity index (χ0) is 10.8. The Balaban J connectivity index is 3.78. The molecule has 0 amide bonds. The van der Waals surface area contributed by atoms with Gasteiger partial charge in [0.15, 0.2) is 0 Å². The van der Waals surface area contributed by atoms with Crippen LogP contribution in [0.3, 0.4) is 0 Å². The van der Waals surface area contributed by atoms with Gasteiger partial charge < -0.3 is 14.4 Å². The third kappa shape index (κ3) is 5.94. The van der Waals surface area contributed by atoms with E-state index in [4.69, 9.17) is 14.9 Å². The zero-order valence-electron chi connectivity index (χ0n) is 9.51. The van der Waals surface area contributed by atoms with Crippen LogP contribution in [0.2, 0.25) is 0 Å². The van der Waals surface area contributed by atoms with Crippen molar-refractivity contribution in [1.29, 1.82) is 5.41 Å². The second-order valence-electron chi connectivity index (χ2n) is 3.13. The minimum atomic E-state index is 0.676. The predicted molar refractivity (Wildman–Crippen MR) is 58.0 cm³/mol. The highest BCUT2D eigenvalue weighted by Gasteiger charge is 2.06. The largest absolute Gasteiger partial charge is 0.385 e. The van der Waals surface area contributed by atoms with Crippen molar-refractivity contribution in [1.82, 2.24) is 4.90 Å². The summed E-state index contributed by atoms with van der Waals surface area (Å²) in [5.74, 6) is 0.679. The monoisotopic (exact) mass is 202 g/mol. The summed E-state index contributed by atoms with van der Waals surface area (Å²) in [6.45, 7) is 5.10. The van der Waals surface area contributed by atoms with E-state index >= 15 is 0 Å². The molecule has 0 heterocycles. The summed E-state index contributed by atoms with van der Waals surface area (Å²) < 4.78 is 9.99. The molecule has 0 unspecified atom stereocenters. The average molecular weight is 202 g/mol. The van der Waals surface area contributed by atoms with Crippen LogP contribution in [0.1, 0.15) is 19.8 Å². The van der Waals surface area contributed by atoms with E-state index in [9.17, 15) is 0 Å². The molecular weight excluding hydrogens is 180 g/mol. The summed E-state index contributed by atoms with van der Waals surface area (Å²) in [5.41, 5.74) is 0. The van der Waals surface area contributed by atoms with Crippen LogP contribution in [0, 0.1) is 5.41 Å². The van der Waals surface area contributed by atoms with Gasteiger partial charge in [0.05, 0.1) is 12.4 Å². The van der Waals surface area contributed by atoms with E-state index in [1.807, 2.05) is 11.8 Å². The maximum atomic E-state index is 7.74. The van der Waals surface area contributed by atoms with E-state index in [0.717, 1.165) is 32.5 Å². The molecule has 0 aromatic carbocycles. The third-order valence-corrected chi connectivity index (χ3v) is 2.06. The van der Waals surface area contributed by atoms with Crippen molar-refractivity contribution >= 4 is 5.84 Å². The molecule has 0 aromatic rings. The number of methoxy groups -OCH3 is 2. The van der Waals surface area contributed by atoms with Gasteiger partial charge in [0.25, 0.3) is 0 Å². The number of ether oxygens (including phenoxy) is 2. The summed E-state index contributed by atoms with van der Waals surface area (Å²) in [6, 6.07) is 0. The van der Waals surface area contributed by atoms with E-state index < -0.39 is 0 Å². The number of hydrogen-bond donors (Lipinski definition) is 1. The SMILES string of the molecule is CCC(=N)N(CCCOC)CCOC. The van der Waals surface area contributed by atoms with Crippen molar-refractivity contribution < 1.29 is 9.47 Å². The van der Waals surface area contributed by atoms with Gasteiger partial charge in [-0.15, -0.1) is 0 Å². The van der Waals surface area contributed by atoms with Gasteiger partial charge in [-0.3, -0.25) is 5.41 Å². The van der Waals surface area contributed by atoms with Crippen LogP contribution in [-0.4, -0.2) is 51.3 Å². The molecule has 0 atom stereocenters. The Labute approximate surface area is 86.7 Å². The van der Waals surface area contributed by atoms with Crippen LogP contribution in [-0.2, 0) is 9.47 Å². The maximum absolute atomic E-state index is 7.74. The van der Waals surface area contributed by atoms with E-state index in [-0.39, 0.29) is 0 Å². The summed E-state index contributed by atoms with van der Waals surface area (Å²) in [4.78, 5) is 2.04. The number of hydrogen-bond acceptors (Lipinski definition) is 3. The fourth-order valence-corrected chi connectivity index (χ4v) is 1.21. The number of amidine groups is 1. The number of nitrogens with zero attached hydrogens (tertiary/aromatic N) is 1. The Morgan fingerprint density at radius 1 is 1.14 bits per heavy atom. The minimum Gasteiger partial charge on any atom is -0.385 e. The summed E-state index contributed by atoms with van der Waals surface area (Å²) >= 11 is 0. The van der Waals surface area contributed by atoms with Gasteiger partial charge >= 0.3 is 0 Å². The molecule has 0 rings (SSSR count). The van der Waals surface area contributed by atoms with Crippen molar-refractivity contribution in [3.8, 4) is 0 Å². The molecular formula is C10H22N2O2. The Bertz CT molecular complexity index is 151. The number of nitrogens with one attached hydrogen (secondary N) is 1. The normalized spacial score (nSPS) is 10.2. The molecule has 0 bridgehead atoms. The second-order valence-corrected chi connectivity index (χ2v) is 3.13. The standard InChI is InChI=1S/C10H22N2O2/c1-4-10(11)12(7-9-14-3)6-5-8-13-2/h11H,4-9H2,1-3H3. The molecule has 0 spiro atoms. The average Bonchev–Trinajstić information content (AvgIpc) is 2.22.